The lowest BCUT2D eigenvalue weighted by atomic mass is 10.4. The second-order valence-electron chi connectivity index (χ2n) is 1.64. The average molecular weight is 156 g/mol. The second kappa shape index (κ2) is 2.62. The molecular formula is C6H6NO2S+. The lowest BCUT2D eigenvalue weighted by molar-refractivity contribution is -0.333. The second-order valence-corrected chi connectivity index (χ2v) is 2.55. The van der Waals surface area contributed by atoms with E-state index in [1.807, 2.05) is 0 Å². The van der Waals surface area contributed by atoms with Crippen LogP contribution in [-0.2, 0) is 4.42 Å². The van der Waals surface area contributed by atoms with Gasteiger partial charge >= 0.3 is 5.97 Å². The van der Waals surface area contributed by atoms with Crippen molar-refractivity contribution in [1.82, 2.24) is 0 Å². The van der Waals surface area contributed by atoms with Crippen LogP contribution >= 0.6 is 11.3 Å². The van der Waals surface area contributed by atoms with Crippen LogP contribution < -0.4 is 5.73 Å². The van der Waals surface area contributed by atoms with Crippen LogP contribution in [0, 0.1) is 0 Å². The first-order valence-electron chi connectivity index (χ1n) is 2.55. The Kier molecular flexibility index (Phi) is 1.82. The van der Waals surface area contributed by atoms with E-state index in [2.05, 4.69) is 11.2 Å². The number of anilines is 1. The van der Waals surface area contributed by atoms with Crippen molar-refractivity contribution in [2.75, 3.05) is 5.73 Å². The maximum absolute atomic E-state index is 10.7. The zero-order chi connectivity index (χ0) is 7.56. The summed E-state index contributed by atoms with van der Waals surface area (Å²) in [5, 5.41) is 1.72. The molecule has 1 aromatic heterocycles. The lowest BCUT2D eigenvalue weighted by Crippen LogP contribution is -1.98. The number of carbonyl (C=O) groups excluding carboxylic acids is 2. The molecule has 0 radical (unpaired) electrons. The topological polar surface area (TPSA) is 54.4 Å². The molecular weight excluding hydrogens is 150 g/mol. The Morgan fingerprint density at radius 2 is 2.50 bits per heavy atom. The Hall–Kier alpha value is -1.16. The summed E-state index contributed by atoms with van der Waals surface area (Å²) in [5.41, 5.74) is 5.84. The first-order valence-corrected chi connectivity index (χ1v) is 3.43. The van der Waals surface area contributed by atoms with E-state index < -0.39 is 5.97 Å². The van der Waals surface area contributed by atoms with Gasteiger partial charge in [-0.05, 0) is 11.4 Å². The van der Waals surface area contributed by atoms with Crippen molar-refractivity contribution in [3.8, 4) is 0 Å². The van der Waals surface area contributed by atoms with Crippen molar-refractivity contribution in [3.05, 3.63) is 16.3 Å². The average Bonchev–Trinajstić information content (AvgIpc) is 2.34. The standard InChI is InChI=1S/C6H5NO2S/c1-9-6(8)5-4(7)2-3-10-5/h2-3H,1H2,(H-,7,8)/p+1. The highest BCUT2D eigenvalue weighted by molar-refractivity contribution is 7.12. The van der Waals surface area contributed by atoms with E-state index in [0.29, 0.717) is 10.6 Å². The van der Waals surface area contributed by atoms with E-state index >= 15 is 0 Å². The van der Waals surface area contributed by atoms with E-state index in [0.717, 1.165) is 0 Å². The van der Waals surface area contributed by atoms with Crippen LogP contribution in [0.3, 0.4) is 0 Å². The van der Waals surface area contributed by atoms with Crippen LogP contribution in [0.25, 0.3) is 0 Å². The van der Waals surface area contributed by atoms with Gasteiger partial charge in [0.15, 0.2) is 6.79 Å². The lowest BCUT2D eigenvalue weighted by Gasteiger charge is -1.80. The van der Waals surface area contributed by atoms with Gasteiger partial charge in [-0.2, -0.15) is 0 Å². The fourth-order valence-corrected chi connectivity index (χ4v) is 1.26. The van der Waals surface area contributed by atoms with E-state index in [9.17, 15) is 4.79 Å². The van der Waals surface area contributed by atoms with Crippen molar-refractivity contribution in [2.45, 2.75) is 0 Å². The number of hydrogen-bond donors (Lipinski definition) is 1. The highest BCUT2D eigenvalue weighted by atomic mass is 32.1. The van der Waals surface area contributed by atoms with Crippen molar-refractivity contribution >= 4 is 29.8 Å². The monoisotopic (exact) mass is 156 g/mol. The summed E-state index contributed by atoms with van der Waals surface area (Å²) in [4.78, 5) is 11.2. The maximum Gasteiger partial charge on any atom is 0.624 e. The van der Waals surface area contributed by atoms with Crippen molar-refractivity contribution in [2.24, 2.45) is 0 Å². The molecule has 4 heteroatoms. The number of thiophene rings is 1. The number of nitrogen functional groups attached to an aromatic ring is 1. The van der Waals surface area contributed by atoms with E-state index in [-0.39, 0.29) is 0 Å². The van der Waals surface area contributed by atoms with Crippen LogP contribution in [-0.4, -0.2) is 12.8 Å². The molecule has 0 aliphatic carbocycles. The van der Waals surface area contributed by atoms with Gasteiger partial charge in [-0.3, -0.25) is 4.42 Å². The quantitative estimate of drug-likeness (QED) is 0.612. The van der Waals surface area contributed by atoms with Gasteiger partial charge in [0.05, 0.1) is 10.5 Å². The van der Waals surface area contributed by atoms with Crippen LogP contribution in [0.2, 0.25) is 0 Å². The Labute approximate surface area is 61.8 Å². The summed E-state index contributed by atoms with van der Waals surface area (Å²) >= 11 is 1.24. The van der Waals surface area contributed by atoms with Crippen LogP contribution in [0.15, 0.2) is 11.4 Å². The van der Waals surface area contributed by atoms with Gasteiger partial charge in [0.2, 0.25) is 4.88 Å². The number of carbonyl (C=O) groups is 1. The van der Waals surface area contributed by atoms with E-state index in [1.165, 1.54) is 11.3 Å². The summed E-state index contributed by atoms with van der Waals surface area (Å²) < 4.78 is 4.22. The molecule has 52 valence electrons. The Morgan fingerprint density at radius 3 is 2.90 bits per heavy atom. The summed E-state index contributed by atoms with van der Waals surface area (Å²) in [7, 11) is 0. The predicted octanol–water partition coefficient (Wildman–Crippen LogP) is 0.835. The third kappa shape index (κ3) is 1.06. The highest BCUT2D eigenvalue weighted by Gasteiger charge is 2.20. The Balaban J connectivity index is 3.04. The van der Waals surface area contributed by atoms with Gasteiger partial charge in [-0.15, -0.1) is 11.3 Å². The summed E-state index contributed by atoms with van der Waals surface area (Å²) in [5.74, 6) is -0.479. The minimum absolute atomic E-state index is 0.412. The van der Waals surface area contributed by atoms with Gasteiger partial charge in [-0.25, -0.2) is 0 Å². The first-order chi connectivity index (χ1) is 4.75. The molecule has 3 nitrogen and oxygen atoms in total. The zero-order valence-corrected chi connectivity index (χ0v) is 5.98. The summed E-state index contributed by atoms with van der Waals surface area (Å²) in [6.45, 7) is 2.98. The summed E-state index contributed by atoms with van der Waals surface area (Å²) in [6, 6.07) is 1.65. The molecule has 0 aliphatic heterocycles. The van der Waals surface area contributed by atoms with Gasteiger partial charge in [0.1, 0.15) is 0 Å². The maximum atomic E-state index is 10.7. The normalized spacial score (nSPS) is 9.20. The molecule has 0 aliphatic rings. The molecule has 0 bridgehead atoms. The van der Waals surface area contributed by atoms with Gasteiger partial charge in [-0.1, -0.05) is 0 Å². The number of hydrogen-bond acceptors (Lipinski definition) is 3. The largest absolute Gasteiger partial charge is 0.624 e. The van der Waals surface area contributed by atoms with Crippen molar-refractivity contribution in [1.29, 1.82) is 0 Å². The van der Waals surface area contributed by atoms with Gasteiger partial charge < -0.3 is 5.73 Å². The number of rotatable bonds is 1. The SMILES string of the molecule is C=[O+]C(=O)c1sccc1N. The summed E-state index contributed by atoms with van der Waals surface area (Å²) in [6.07, 6.45) is 0. The molecule has 1 heterocycles. The molecule has 1 aromatic rings. The minimum atomic E-state index is -0.479. The Morgan fingerprint density at radius 1 is 1.80 bits per heavy atom. The zero-order valence-electron chi connectivity index (χ0n) is 5.16. The molecule has 0 fully saturated rings. The fourth-order valence-electron chi connectivity index (χ4n) is 0.551. The molecule has 0 spiro atoms. The van der Waals surface area contributed by atoms with Gasteiger partial charge in [0, 0.05) is 0 Å². The van der Waals surface area contributed by atoms with E-state index in [1.54, 1.807) is 11.4 Å². The molecule has 0 saturated heterocycles. The minimum Gasteiger partial charge on any atom is -0.397 e. The molecule has 1 rings (SSSR count). The van der Waals surface area contributed by atoms with Crippen molar-refractivity contribution < 1.29 is 9.22 Å². The van der Waals surface area contributed by atoms with E-state index in [4.69, 9.17) is 5.73 Å². The molecule has 10 heavy (non-hydrogen) atoms. The molecule has 0 unspecified atom stereocenters. The predicted molar refractivity (Wildman–Crippen MR) is 40.2 cm³/mol. The first kappa shape index (κ1) is 6.95. The van der Waals surface area contributed by atoms with Crippen LogP contribution in [0.1, 0.15) is 9.67 Å². The third-order valence-electron chi connectivity index (χ3n) is 1.01. The Bertz CT molecular complexity index is 266. The van der Waals surface area contributed by atoms with Crippen LogP contribution in [0.4, 0.5) is 5.69 Å². The van der Waals surface area contributed by atoms with Crippen LogP contribution in [0.5, 0.6) is 0 Å². The third-order valence-corrected chi connectivity index (χ3v) is 1.92. The smallest absolute Gasteiger partial charge is 0.397 e. The van der Waals surface area contributed by atoms with Gasteiger partial charge in [0.25, 0.3) is 0 Å². The molecule has 2 N–H and O–H groups in total. The molecule has 0 amide bonds. The number of nitrogens with two attached hydrogens (primary N) is 1. The molecule has 0 atom stereocenters. The molecule has 0 saturated carbocycles. The molecule has 0 aromatic carbocycles. The highest BCUT2D eigenvalue weighted by Crippen LogP contribution is 2.18. The van der Waals surface area contributed by atoms with Crippen molar-refractivity contribution in [3.63, 3.8) is 0 Å². The fraction of sp³-hybridized carbons (Fsp3) is 0.